The Kier molecular flexibility index (Phi) is 7.62. The molecule has 1 heterocycles. The summed E-state index contributed by atoms with van der Waals surface area (Å²) >= 11 is 0. The first kappa shape index (κ1) is 22.3. The van der Waals surface area contributed by atoms with E-state index in [1.165, 1.54) is 0 Å². The summed E-state index contributed by atoms with van der Waals surface area (Å²) in [5.41, 5.74) is 2.82. The second-order valence-electron chi connectivity index (χ2n) is 7.90. The normalized spacial score (nSPS) is 12.0. The summed E-state index contributed by atoms with van der Waals surface area (Å²) in [7, 11) is 4.08. The minimum absolute atomic E-state index is 0.162. The quantitative estimate of drug-likeness (QED) is 0.495. The molecule has 0 saturated heterocycles. The Morgan fingerprint density at radius 3 is 2.45 bits per heavy atom. The molecule has 31 heavy (non-hydrogen) atoms. The van der Waals surface area contributed by atoms with Gasteiger partial charge in [-0.05, 0) is 43.8 Å². The number of H-pyrrole nitrogens is 1. The number of benzene rings is 2. The molecule has 0 fully saturated rings. The number of aromatic nitrogens is 2. The van der Waals surface area contributed by atoms with Crippen molar-refractivity contribution in [3.05, 3.63) is 100 Å². The molecule has 0 amide bonds. The number of hydrogen-bond donors (Lipinski definition) is 2. The lowest BCUT2D eigenvalue weighted by atomic mass is 10.0. The fourth-order valence-corrected chi connectivity index (χ4v) is 3.51. The summed E-state index contributed by atoms with van der Waals surface area (Å²) in [5.74, 6) is 0.811. The van der Waals surface area contributed by atoms with Gasteiger partial charge < -0.3 is 14.9 Å². The summed E-state index contributed by atoms with van der Waals surface area (Å²) < 4.78 is 0. The molecule has 0 aliphatic heterocycles. The maximum Gasteiger partial charge on any atom is 0.252 e. The Hall–Kier alpha value is -3.38. The third kappa shape index (κ3) is 6.55. The number of nitrogens with zero attached hydrogens (tertiary/aromatic N) is 3. The Labute approximate surface area is 183 Å². The summed E-state index contributed by atoms with van der Waals surface area (Å²) in [5, 5.41) is 9.55. The summed E-state index contributed by atoms with van der Waals surface area (Å²) in [6.07, 6.45) is 3.22. The van der Waals surface area contributed by atoms with Crippen molar-refractivity contribution in [2.45, 2.75) is 18.9 Å². The summed E-state index contributed by atoms with van der Waals surface area (Å²) in [4.78, 5) is 24.2. The number of anilines is 1. The Morgan fingerprint density at radius 1 is 1.10 bits per heavy atom. The second kappa shape index (κ2) is 10.6. The number of phenolic OH excluding ortho intramolecular Hbond substituents is 1. The van der Waals surface area contributed by atoms with Crippen molar-refractivity contribution >= 4 is 5.95 Å². The van der Waals surface area contributed by atoms with E-state index >= 15 is 0 Å². The molecule has 1 unspecified atom stereocenters. The zero-order valence-electron chi connectivity index (χ0n) is 18.2. The lowest BCUT2D eigenvalue weighted by Crippen LogP contribution is -2.43. The Morgan fingerprint density at radius 2 is 1.81 bits per heavy atom. The van der Waals surface area contributed by atoms with Gasteiger partial charge in [-0.15, -0.1) is 6.58 Å². The highest BCUT2D eigenvalue weighted by atomic mass is 16.3. The van der Waals surface area contributed by atoms with Crippen LogP contribution in [0.5, 0.6) is 5.75 Å². The molecule has 3 rings (SSSR count). The van der Waals surface area contributed by atoms with E-state index in [1.54, 1.807) is 18.2 Å². The van der Waals surface area contributed by atoms with Crippen LogP contribution in [0.25, 0.3) is 0 Å². The van der Waals surface area contributed by atoms with Gasteiger partial charge in [-0.1, -0.05) is 48.5 Å². The highest BCUT2D eigenvalue weighted by Crippen LogP contribution is 2.16. The molecule has 0 radical (unpaired) electrons. The Balaban J connectivity index is 1.83. The fourth-order valence-electron chi connectivity index (χ4n) is 3.51. The first-order chi connectivity index (χ1) is 14.9. The van der Waals surface area contributed by atoms with Crippen molar-refractivity contribution < 1.29 is 5.11 Å². The third-order valence-corrected chi connectivity index (χ3v) is 5.23. The van der Waals surface area contributed by atoms with Crippen molar-refractivity contribution in [2.24, 2.45) is 0 Å². The van der Waals surface area contributed by atoms with E-state index in [2.05, 4.69) is 16.5 Å². The number of aromatic amines is 1. The minimum Gasteiger partial charge on any atom is -0.508 e. The van der Waals surface area contributed by atoms with E-state index in [9.17, 15) is 9.90 Å². The molecule has 162 valence electrons. The lowest BCUT2D eigenvalue weighted by molar-refractivity contribution is 0.293. The predicted octanol–water partition coefficient (Wildman–Crippen LogP) is 3.23. The van der Waals surface area contributed by atoms with Gasteiger partial charge in [0, 0.05) is 31.6 Å². The van der Waals surface area contributed by atoms with Crippen molar-refractivity contribution in [1.29, 1.82) is 0 Å². The molecule has 2 aromatic carbocycles. The van der Waals surface area contributed by atoms with Crippen molar-refractivity contribution in [3.63, 3.8) is 0 Å². The van der Waals surface area contributed by atoms with Crippen LogP contribution in [0.2, 0.25) is 0 Å². The first-order valence-electron chi connectivity index (χ1n) is 10.4. The topological polar surface area (TPSA) is 72.5 Å². The van der Waals surface area contributed by atoms with E-state index < -0.39 is 0 Å². The molecule has 2 N–H and O–H groups in total. The standard InChI is InChI=1S/C25H30N4O2/c1-4-14-29(18-22(28(2)3)16-20-10-12-23(30)13-11-20)25-26-21(17-24(31)27-25)15-19-8-6-5-7-9-19/h4-13,17,22,30H,1,14-16,18H2,2-3H3,(H,26,27,31). The highest BCUT2D eigenvalue weighted by molar-refractivity contribution is 5.34. The van der Waals surface area contributed by atoms with Crippen LogP contribution in [-0.2, 0) is 12.8 Å². The molecule has 6 heteroatoms. The number of aromatic hydroxyl groups is 1. The molecular formula is C25H30N4O2. The molecule has 3 aromatic rings. The monoisotopic (exact) mass is 418 g/mol. The molecule has 1 aromatic heterocycles. The van der Waals surface area contributed by atoms with Crippen LogP contribution < -0.4 is 10.5 Å². The third-order valence-electron chi connectivity index (χ3n) is 5.23. The van der Waals surface area contributed by atoms with Crippen LogP contribution in [0.1, 0.15) is 16.8 Å². The van der Waals surface area contributed by atoms with Gasteiger partial charge in [0.15, 0.2) is 0 Å². The van der Waals surface area contributed by atoms with E-state index in [1.807, 2.05) is 67.5 Å². The average Bonchev–Trinajstić information content (AvgIpc) is 2.74. The molecule has 0 saturated carbocycles. The van der Waals surface area contributed by atoms with Gasteiger partial charge >= 0.3 is 0 Å². The number of nitrogens with one attached hydrogen (secondary N) is 1. The molecule has 0 aliphatic rings. The van der Waals surface area contributed by atoms with Crippen molar-refractivity contribution in [1.82, 2.24) is 14.9 Å². The number of likely N-dealkylation sites (N-methyl/N-ethyl adjacent to an activating group) is 1. The Bertz CT molecular complexity index is 1030. The molecular weight excluding hydrogens is 388 g/mol. The maximum atomic E-state index is 12.4. The van der Waals surface area contributed by atoms with Gasteiger partial charge in [-0.3, -0.25) is 9.78 Å². The van der Waals surface area contributed by atoms with Crippen molar-refractivity contribution in [3.8, 4) is 5.75 Å². The zero-order valence-corrected chi connectivity index (χ0v) is 18.2. The fraction of sp³-hybridized carbons (Fsp3) is 0.280. The largest absolute Gasteiger partial charge is 0.508 e. The van der Waals surface area contributed by atoms with Crippen LogP contribution in [0.15, 0.2) is 78.1 Å². The molecule has 0 aliphatic carbocycles. The van der Waals surface area contributed by atoms with Gasteiger partial charge in [0.25, 0.3) is 5.56 Å². The van der Waals surface area contributed by atoms with Crippen LogP contribution in [0, 0.1) is 0 Å². The molecule has 1 atom stereocenters. The predicted molar refractivity (Wildman–Crippen MR) is 126 cm³/mol. The number of phenols is 1. The van der Waals surface area contributed by atoms with E-state index in [0.717, 1.165) is 23.2 Å². The number of rotatable bonds is 10. The van der Waals surface area contributed by atoms with Crippen LogP contribution in [0.4, 0.5) is 5.95 Å². The SMILES string of the molecule is C=CCN(CC(Cc1ccc(O)cc1)N(C)C)c1nc(Cc2ccccc2)cc(=O)[nH]1. The second-order valence-corrected chi connectivity index (χ2v) is 7.90. The van der Waals surface area contributed by atoms with E-state index in [0.29, 0.717) is 25.5 Å². The van der Waals surface area contributed by atoms with Gasteiger partial charge in [0.2, 0.25) is 5.95 Å². The van der Waals surface area contributed by atoms with Gasteiger partial charge in [-0.25, -0.2) is 4.98 Å². The smallest absolute Gasteiger partial charge is 0.252 e. The van der Waals surface area contributed by atoms with Crippen LogP contribution in [0.3, 0.4) is 0 Å². The average molecular weight is 419 g/mol. The van der Waals surface area contributed by atoms with E-state index in [-0.39, 0.29) is 17.4 Å². The summed E-state index contributed by atoms with van der Waals surface area (Å²) in [6, 6.07) is 19.0. The van der Waals surface area contributed by atoms with Crippen LogP contribution in [-0.4, -0.2) is 53.2 Å². The van der Waals surface area contributed by atoms with Gasteiger partial charge in [0.1, 0.15) is 5.75 Å². The minimum atomic E-state index is -0.162. The van der Waals surface area contributed by atoms with Crippen LogP contribution >= 0.6 is 0 Å². The molecule has 0 bridgehead atoms. The highest BCUT2D eigenvalue weighted by Gasteiger charge is 2.19. The molecule has 0 spiro atoms. The number of hydrogen-bond acceptors (Lipinski definition) is 5. The van der Waals surface area contributed by atoms with Crippen molar-refractivity contribution in [2.75, 3.05) is 32.1 Å². The van der Waals surface area contributed by atoms with E-state index in [4.69, 9.17) is 4.98 Å². The zero-order chi connectivity index (χ0) is 22.2. The lowest BCUT2D eigenvalue weighted by Gasteiger charge is -2.31. The first-order valence-corrected chi connectivity index (χ1v) is 10.4. The van der Waals surface area contributed by atoms with Gasteiger partial charge in [-0.2, -0.15) is 0 Å². The summed E-state index contributed by atoms with van der Waals surface area (Å²) in [6.45, 7) is 5.11. The maximum absolute atomic E-state index is 12.4. The molecule has 6 nitrogen and oxygen atoms in total. The van der Waals surface area contributed by atoms with Gasteiger partial charge in [0.05, 0.1) is 5.69 Å².